The number of likely N-dealkylation sites (tertiary alicyclic amines) is 1. The summed E-state index contributed by atoms with van der Waals surface area (Å²) in [7, 11) is 0. The molecule has 0 unspecified atom stereocenters. The van der Waals surface area contributed by atoms with Crippen LogP contribution in [0.15, 0.2) is 58.1 Å². The van der Waals surface area contributed by atoms with Crippen molar-refractivity contribution in [2.24, 2.45) is 0 Å². The third-order valence-corrected chi connectivity index (χ3v) is 5.94. The molecule has 2 aromatic carbocycles. The quantitative estimate of drug-likeness (QED) is 0.609. The Morgan fingerprint density at radius 1 is 1.10 bits per heavy atom. The molecule has 2 N–H and O–H groups in total. The van der Waals surface area contributed by atoms with Crippen molar-refractivity contribution in [1.82, 2.24) is 14.5 Å². The van der Waals surface area contributed by atoms with Crippen LogP contribution in [0.4, 0.5) is 4.39 Å². The molecule has 3 aromatic rings. The number of nitrogens with one attached hydrogen (secondary N) is 2. The van der Waals surface area contributed by atoms with Gasteiger partial charge >= 0.3 is 5.69 Å². The molecule has 1 aliphatic rings. The van der Waals surface area contributed by atoms with Gasteiger partial charge in [0.25, 0.3) is 5.56 Å². The van der Waals surface area contributed by atoms with Crippen molar-refractivity contribution in [3.05, 3.63) is 75.2 Å². The zero-order valence-corrected chi connectivity index (χ0v) is 17.4. The van der Waals surface area contributed by atoms with Crippen LogP contribution in [0, 0.1) is 5.82 Å². The second kappa shape index (κ2) is 8.85. The normalized spacial score (nSPS) is 15.3. The van der Waals surface area contributed by atoms with Crippen LogP contribution in [-0.2, 0) is 4.79 Å². The minimum atomic E-state index is -0.871. The maximum absolute atomic E-state index is 14.5. The molecule has 1 atom stereocenters. The first-order valence-electron chi connectivity index (χ1n) is 10.6. The summed E-state index contributed by atoms with van der Waals surface area (Å²) in [4.78, 5) is 40.7. The van der Waals surface area contributed by atoms with E-state index in [-0.39, 0.29) is 17.0 Å². The molecule has 31 heavy (non-hydrogen) atoms. The van der Waals surface area contributed by atoms with Gasteiger partial charge in [0.05, 0.1) is 42.8 Å². The number of para-hydroxylation sites is 2. The highest BCUT2D eigenvalue weighted by Crippen LogP contribution is 2.16. The number of benzene rings is 2. The predicted octanol–water partition coefficient (Wildman–Crippen LogP) is 0.647. The smallest absolute Gasteiger partial charge is 0.336 e. The summed E-state index contributed by atoms with van der Waals surface area (Å²) < 4.78 is 16.5. The van der Waals surface area contributed by atoms with Gasteiger partial charge in [-0.25, -0.2) is 13.8 Å². The van der Waals surface area contributed by atoms with Gasteiger partial charge in [0.2, 0.25) is 5.91 Å². The average molecular weight is 425 g/mol. The van der Waals surface area contributed by atoms with E-state index in [4.69, 9.17) is 0 Å². The second-order valence-electron chi connectivity index (χ2n) is 7.94. The number of rotatable bonds is 6. The Bertz CT molecular complexity index is 1230. The van der Waals surface area contributed by atoms with E-state index in [0.717, 1.165) is 24.2 Å². The predicted molar refractivity (Wildman–Crippen MR) is 116 cm³/mol. The van der Waals surface area contributed by atoms with Crippen LogP contribution in [-0.4, -0.2) is 41.2 Å². The number of nitrogens with zero attached hydrogens (tertiary/aromatic N) is 2. The first-order chi connectivity index (χ1) is 15.0. The summed E-state index contributed by atoms with van der Waals surface area (Å²) in [6.45, 7) is 5.19. The molecule has 0 bridgehead atoms. The highest BCUT2D eigenvalue weighted by Gasteiger charge is 2.24. The lowest BCUT2D eigenvalue weighted by molar-refractivity contribution is -0.886. The van der Waals surface area contributed by atoms with Crippen molar-refractivity contribution in [1.29, 1.82) is 0 Å². The standard InChI is InChI=1S/C23H25FN4O3/c1-16(21(29)25-12-15-26-13-6-7-14-26)27-19-10-4-2-8-17(19)22(30)28(23(27)31)20-11-5-3-9-18(20)24/h2-5,8-11,16H,6-7,12-15H2,1H3,(H,25,29)/p+1/t16-/m0/s1. The van der Waals surface area contributed by atoms with Crippen molar-refractivity contribution in [3.8, 4) is 5.69 Å². The third-order valence-electron chi connectivity index (χ3n) is 5.94. The zero-order chi connectivity index (χ0) is 22.0. The van der Waals surface area contributed by atoms with Crippen LogP contribution in [0.5, 0.6) is 0 Å². The average Bonchev–Trinajstić information content (AvgIpc) is 3.28. The van der Waals surface area contributed by atoms with Crippen LogP contribution < -0.4 is 21.5 Å². The first kappa shape index (κ1) is 21.0. The van der Waals surface area contributed by atoms with Gasteiger partial charge in [0.1, 0.15) is 11.9 Å². The SMILES string of the molecule is C[C@@H](C(=O)NCC[NH+]1CCCC1)n1c(=O)n(-c2ccccc2F)c(=O)c2ccccc21. The van der Waals surface area contributed by atoms with E-state index in [9.17, 15) is 18.8 Å². The molecule has 7 nitrogen and oxygen atoms in total. The molecule has 162 valence electrons. The summed E-state index contributed by atoms with van der Waals surface area (Å²) in [6.07, 6.45) is 2.41. The topological polar surface area (TPSA) is 77.5 Å². The summed E-state index contributed by atoms with van der Waals surface area (Å²) in [5.74, 6) is -1.00. The minimum Gasteiger partial charge on any atom is -0.349 e. The fourth-order valence-electron chi connectivity index (χ4n) is 4.25. The van der Waals surface area contributed by atoms with Gasteiger partial charge in [-0.15, -0.1) is 0 Å². The zero-order valence-electron chi connectivity index (χ0n) is 17.4. The first-order valence-corrected chi connectivity index (χ1v) is 10.6. The van der Waals surface area contributed by atoms with E-state index >= 15 is 0 Å². The largest absolute Gasteiger partial charge is 0.349 e. The highest BCUT2D eigenvalue weighted by atomic mass is 19.1. The number of hydrogen-bond acceptors (Lipinski definition) is 3. The lowest BCUT2D eigenvalue weighted by Gasteiger charge is -2.20. The Balaban J connectivity index is 1.74. The van der Waals surface area contributed by atoms with Crippen LogP contribution in [0.2, 0.25) is 0 Å². The molecule has 1 amide bonds. The molecule has 0 radical (unpaired) electrons. The fraction of sp³-hybridized carbons (Fsp3) is 0.348. The van der Waals surface area contributed by atoms with Gasteiger partial charge in [0.15, 0.2) is 0 Å². The molecular formula is C23H26FN4O3+. The van der Waals surface area contributed by atoms with E-state index in [2.05, 4.69) is 5.32 Å². The second-order valence-corrected chi connectivity index (χ2v) is 7.94. The van der Waals surface area contributed by atoms with Gasteiger partial charge in [-0.3, -0.25) is 14.2 Å². The van der Waals surface area contributed by atoms with E-state index in [1.165, 1.54) is 40.5 Å². The molecule has 8 heteroatoms. The maximum Gasteiger partial charge on any atom is 0.336 e. The van der Waals surface area contributed by atoms with Gasteiger partial charge in [-0.2, -0.15) is 0 Å². The lowest BCUT2D eigenvalue weighted by atomic mass is 10.2. The van der Waals surface area contributed by atoms with Gasteiger partial charge in [-0.05, 0) is 31.2 Å². The molecule has 2 heterocycles. The molecule has 1 aliphatic heterocycles. The van der Waals surface area contributed by atoms with Crippen molar-refractivity contribution in [2.75, 3.05) is 26.2 Å². The maximum atomic E-state index is 14.5. The molecule has 1 saturated heterocycles. The Morgan fingerprint density at radius 3 is 2.52 bits per heavy atom. The van der Waals surface area contributed by atoms with E-state index in [1.54, 1.807) is 37.3 Å². The number of fused-ring (bicyclic) bond motifs is 1. The number of halogens is 1. The monoisotopic (exact) mass is 425 g/mol. The van der Waals surface area contributed by atoms with E-state index < -0.39 is 23.1 Å². The lowest BCUT2D eigenvalue weighted by Crippen LogP contribution is -3.10. The number of aromatic nitrogens is 2. The highest BCUT2D eigenvalue weighted by molar-refractivity contribution is 5.84. The number of quaternary nitrogens is 1. The summed E-state index contributed by atoms with van der Waals surface area (Å²) in [6, 6.07) is 11.3. The molecule has 4 rings (SSSR count). The molecule has 0 aliphatic carbocycles. The van der Waals surface area contributed by atoms with Crippen molar-refractivity contribution in [3.63, 3.8) is 0 Å². The van der Waals surface area contributed by atoms with Crippen molar-refractivity contribution >= 4 is 16.8 Å². The number of carbonyl (C=O) groups excluding carboxylic acids is 1. The van der Waals surface area contributed by atoms with Crippen LogP contribution in [0.3, 0.4) is 0 Å². The van der Waals surface area contributed by atoms with Crippen LogP contribution in [0.1, 0.15) is 25.8 Å². The summed E-state index contributed by atoms with van der Waals surface area (Å²) in [5.41, 5.74) is -1.16. The molecule has 1 fully saturated rings. The molecule has 1 aromatic heterocycles. The minimum absolute atomic E-state index is 0.137. The Kier molecular flexibility index (Phi) is 5.99. The van der Waals surface area contributed by atoms with Crippen LogP contribution >= 0.6 is 0 Å². The third kappa shape index (κ3) is 4.03. The fourth-order valence-corrected chi connectivity index (χ4v) is 4.25. The number of amides is 1. The Labute approximate surface area is 178 Å². The van der Waals surface area contributed by atoms with Crippen molar-refractivity contribution < 1.29 is 14.1 Å². The van der Waals surface area contributed by atoms with E-state index in [0.29, 0.717) is 12.1 Å². The number of carbonyl (C=O) groups is 1. The van der Waals surface area contributed by atoms with Gasteiger partial charge in [-0.1, -0.05) is 24.3 Å². The summed E-state index contributed by atoms with van der Waals surface area (Å²) in [5, 5.41) is 3.15. The van der Waals surface area contributed by atoms with Crippen LogP contribution in [0.25, 0.3) is 16.6 Å². The molecule has 0 saturated carbocycles. The molecule has 0 spiro atoms. The van der Waals surface area contributed by atoms with E-state index in [1.807, 2.05) is 0 Å². The Morgan fingerprint density at radius 2 is 1.77 bits per heavy atom. The number of hydrogen-bond donors (Lipinski definition) is 2. The Hall–Kier alpha value is -3.26. The van der Waals surface area contributed by atoms with Gasteiger partial charge in [0, 0.05) is 12.8 Å². The summed E-state index contributed by atoms with van der Waals surface area (Å²) >= 11 is 0. The van der Waals surface area contributed by atoms with Crippen molar-refractivity contribution in [2.45, 2.75) is 25.8 Å². The van der Waals surface area contributed by atoms with Gasteiger partial charge < -0.3 is 10.2 Å². The molecular weight excluding hydrogens is 399 g/mol.